The van der Waals surface area contributed by atoms with Gasteiger partial charge in [0.15, 0.2) is 0 Å². The second-order valence-corrected chi connectivity index (χ2v) is 3.62. The smallest absolute Gasteiger partial charge is 0.300 e. The number of halogens is 4. The Kier molecular flexibility index (Phi) is 3.38. The van der Waals surface area contributed by atoms with Gasteiger partial charge in [0.05, 0.1) is 0 Å². The largest absolute Gasteiger partial charge is 0.432 e. The highest BCUT2D eigenvalue weighted by Crippen LogP contribution is 2.33. The van der Waals surface area contributed by atoms with E-state index in [1.807, 2.05) is 0 Å². The molecular formula is C9H7BrF3NO. The number of hydrogen-bond donors (Lipinski definition) is 0. The molecule has 0 unspecified atom stereocenters. The number of pyridine rings is 1. The molecule has 0 spiro atoms. The fraction of sp³-hybridized carbons (Fsp3) is 0.222. The molecular weight excluding hydrogens is 275 g/mol. The fourth-order valence-electron chi connectivity index (χ4n) is 1.15. The van der Waals surface area contributed by atoms with E-state index < -0.39 is 17.4 Å². The Labute approximate surface area is 92.2 Å². The van der Waals surface area contributed by atoms with Crippen molar-refractivity contribution in [3.63, 3.8) is 0 Å². The summed E-state index contributed by atoms with van der Waals surface area (Å²) in [4.78, 5) is 11.2. The summed E-state index contributed by atoms with van der Waals surface area (Å²) in [7, 11) is 0. The predicted octanol–water partition coefficient (Wildman–Crippen LogP) is 2.82. The quantitative estimate of drug-likeness (QED) is 0.764. The fourth-order valence-corrected chi connectivity index (χ4v) is 1.72. The van der Waals surface area contributed by atoms with Gasteiger partial charge in [-0.25, -0.2) is 0 Å². The van der Waals surface area contributed by atoms with Gasteiger partial charge in [0.2, 0.25) is 0 Å². The van der Waals surface area contributed by atoms with Crippen LogP contribution in [0.15, 0.2) is 34.1 Å². The van der Waals surface area contributed by atoms with Gasteiger partial charge in [-0.1, -0.05) is 6.08 Å². The summed E-state index contributed by atoms with van der Waals surface area (Å²) in [5.41, 5.74) is -1.69. The Morgan fingerprint density at radius 1 is 1.47 bits per heavy atom. The summed E-state index contributed by atoms with van der Waals surface area (Å²) in [6.07, 6.45) is -3.33. The van der Waals surface area contributed by atoms with Crippen molar-refractivity contribution in [2.24, 2.45) is 0 Å². The van der Waals surface area contributed by atoms with Crippen LogP contribution in [0.25, 0.3) is 0 Å². The third-order valence-electron chi connectivity index (χ3n) is 1.71. The molecule has 15 heavy (non-hydrogen) atoms. The lowest BCUT2D eigenvalue weighted by atomic mass is 10.3. The molecule has 0 radical (unpaired) electrons. The number of alkyl halides is 3. The number of nitrogens with zero attached hydrogens (tertiary/aromatic N) is 1. The van der Waals surface area contributed by atoms with Crippen molar-refractivity contribution < 1.29 is 13.2 Å². The molecule has 82 valence electrons. The predicted molar refractivity (Wildman–Crippen MR) is 53.6 cm³/mol. The first-order valence-corrected chi connectivity index (χ1v) is 4.74. The highest BCUT2D eigenvalue weighted by Gasteiger charge is 2.36. The molecule has 1 aromatic heterocycles. The molecule has 1 rings (SSSR count). The lowest BCUT2D eigenvalue weighted by Gasteiger charge is -2.15. The SMILES string of the molecule is C=CCn1c(C(F)(F)F)c(Br)ccc1=O. The van der Waals surface area contributed by atoms with Crippen molar-refractivity contribution in [3.05, 3.63) is 45.3 Å². The summed E-state index contributed by atoms with van der Waals surface area (Å²) >= 11 is 2.77. The van der Waals surface area contributed by atoms with Crippen LogP contribution < -0.4 is 5.56 Å². The zero-order valence-electron chi connectivity index (χ0n) is 7.51. The maximum Gasteiger partial charge on any atom is 0.432 e. The maximum absolute atomic E-state index is 12.6. The van der Waals surface area contributed by atoms with Gasteiger partial charge in [-0.05, 0) is 22.0 Å². The van der Waals surface area contributed by atoms with Crippen molar-refractivity contribution >= 4 is 15.9 Å². The van der Waals surface area contributed by atoms with Crippen LogP contribution in [-0.4, -0.2) is 4.57 Å². The number of allylic oxidation sites excluding steroid dienone is 1. The van der Waals surface area contributed by atoms with Crippen LogP contribution in [0.5, 0.6) is 0 Å². The lowest BCUT2D eigenvalue weighted by Crippen LogP contribution is -2.27. The highest BCUT2D eigenvalue weighted by atomic mass is 79.9. The molecule has 0 saturated carbocycles. The Hall–Kier alpha value is -1.04. The molecule has 0 aliphatic rings. The molecule has 0 bridgehead atoms. The van der Waals surface area contributed by atoms with Crippen LogP contribution in [0.4, 0.5) is 13.2 Å². The molecule has 0 aromatic carbocycles. The van der Waals surface area contributed by atoms with Crippen molar-refractivity contribution in [1.82, 2.24) is 4.57 Å². The number of aromatic nitrogens is 1. The summed E-state index contributed by atoms with van der Waals surface area (Å²) in [6, 6.07) is 2.16. The molecule has 6 heteroatoms. The second kappa shape index (κ2) is 4.22. The average molecular weight is 282 g/mol. The summed E-state index contributed by atoms with van der Waals surface area (Å²) < 4.78 is 38.2. The molecule has 0 aliphatic heterocycles. The first-order chi connectivity index (χ1) is 6.88. The number of rotatable bonds is 2. The van der Waals surface area contributed by atoms with Crippen LogP contribution in [0.1, 0.15) is 5.69 Å². The van der Waals surface area contributed by atoms with Gasteiger partial charge in [-0.2, -0.15) is 13.2 Å². The summed E-state index contributed by atoms with van der Waals surface area (Å²) in [5, 5.41) is 0. The van der Waals surface area contributed by atoms with Crippen molar-refractivity contribution in [1.29, 1.82) is 0 Å². The molecule has 0 aliphatic carbocycles. The van der Waals surface area contributed by atoms with E-state index in [2.05, 4.69) is 22.5 Å². The van der Waals surface area contributed by atoms with E-state index in [9.17, 15) is 18.0 Å². The van der Waals surface area contributed by atoms with Gasteiger partial charge in [0.1, 0.15) is 5.69 Å². The van der Waals surface area contributed by atoms with Gasteiger partial charge in [0.25, 0.3) is 5.56 Å². The van der Waals surface area contributed by atoms with E-state index >= 15 is 0 Å². The zero-order valence-corrected chi connectivity index (χ0v) is 9.10. The van der Waals surface area contributed by atoms with E-state index in [1.165, 1.54) is 6.08 Å². The van der Waals surface area contributed by atoms with E-state index in [4.69, 9.17) is 0 Å². The van der Waals surface area contributed by atoms with Crippen molar-refractivity contribution in [2.75, 3.05) is 0 Å². The lowest BCUT2D eigenvalue weighted by molar-refractivity contribution is -0.144. The first kappa shape index (κ1) is 12.0. The van der Waals surface area contributed by atoms with E-state index in [-0.39, 0.29) is 11.0 Å². The number of hydrogen-bond acceptors (Lipinski definition) is 1. The Balaban J connectivity index is 3.52. The van der Waals surface area contributed by atoms with Gasteiger partial charge >= 0.3 is 6.18 Å². The third kappa shape index (κ3) is 2.50. The molecule has 0 saturated heterocycles. The summed E-state index contributed by atoms with van der Waals surface area (Å²) in [5.74, 6) is 0. The van der Waals surface area contributed by atoms with E-state index in [1.54, 1.807) is 0 Å². The normalized spacial score (nSPS) is 11.5. The minimum absolute atomic E-state index is 0.156. The Morgan fingerprint density at radius 2 is 2.07 bits per heavy atom. The second-order valence-electron chi connectivity index (χ2n) is 2.77. The minimum Gasteiger partial charge on any atom is -0.300 e. The maximum atomic E-state index is 12.6. The Bertz CT molecular complexity index is 436. The molecule has 1 aromatic rings. The molecule has 1 heterocycles. The van der Waals surface area contributed by atoms with Crippen LogP contribution in [-0.2, 0) is 12.7 Å². The van der Waals surface area contributed by atoms with Crippen LogP contribution >= 0.6 is 15.9 Å². The minimum atomic E-state index is -4.57. The Morgan fingerprint density at radius 3 is 2.53 bits per heavy atom. The van der Waals surface area contributed by atoms with Crippen LogP contribution in [0.3, 0.4) is 0 Å². The topological polar surface area (TPSA) is 22.0 Å². The third-order valence-corrected chi connectivity index (χ3v) is 2.35. The monoisotopic (exact) mass is 281 g/mol. The molecule has 0 fully saturated rings. The van der Waals surface area contributed by atoms with E-state index in [0.29, 0.717) is 4.57 Å². The molecule has 0 amide bonds. The zero-order chi connectivity index (χ0) is 11.6. The van der Waals surface area contributed by atoms with Gasteiger partial charge < -0.3 is 0 Å². The average Bonchev–Trinajstić information content (AvgIpc) is 2.09. The highest BCUT2D eigenvalue weighted by molar-refractivity contribution is 9.10. The van der Waals surface area contributed by atoms with Crippen LogP contribution in [0, 0.1) is 0 Å². The summed E-state index contributed by atoms with van der Waals surface area (Å²) in [6.45, 7) is 3.13. The first-order valence-electron chi connectivity index (χ1n) is 3.95. The van der Waals surface area contributed by atoms with Crippen molar-refractivity contribution in [3.8, 4) is 0 Å². The molecule has 0 N–H and O–H groups in total. The molecule has 0 atom stereocenters. The van der Waals surface area contributed by atoms with E-state index in [0.717, 1.165) is 12.1 Å². The van der Waals surface area contributed by atoms with Crippen molar-refractivity contribution in [2.45, 2.75) is 12.7 Å². The molecule has 2 nitrogen and oxygen atoms in total. The van der Waals surface area contributed by atoms with Gasteiger partial charge in [-0.15, -0.1) is 6.58 Å². The van der Waals surface area contributed by atoms with Gasteiger partial charge in [0, 0.05) is 17.1 Å². The van der Waals surface area contributed by atoms with Crippen LogP contribution in [0.2, 0.25) is 0 Å². The van der Waals surface area contributed by atoms with Gasteiger partial charge in [-0.3, -0.25) is 9.36 Å². The standard InChI is InChI=1S/C9H7BrF3NO/c1-2-5-14-7(15)4-3-6(10)8(14)9(11,12)13/h2-4H,1,5H2.